The topological polar surface area (TPSA) is 22.1 Å². The summed E-state index contributed by atoms with van der Waals surface area (Å²) in [5.74, 6) is -0.0833. The lowest BCUT2D eigenvalue weighted by Crippen LogP contribution is -2.12. The van der Waals surface area contributed by atoms with Gasteiger partial charge in [0.25, 0.3) is 0 Å². The Morgan fingerprint density at radius 3 is 2.62 bits per heavy atom. The van der Waals surface area contributed by atoms with Gasteiger partial charge in [0.15, 0.2) is 5.75 Å². The molecule has 1 saturated carbocycles. The fourth-order valence-electron chi connectivity index (χ4n) is 1.45. The van der Waals surface area contributed by atoms with Crippen LogP contribution in [0.25, 0.3) is 0 Å². The lowest BCUT2D eigenvalue weighted by Gasteiger charge is -2.15. The van der Waals surface area contributed by atoms with Crippen LogP contribution in [0.3, 0.4) is 0 Å². The molecular weight excluding hydrogens is 219 g/mol. The van der Waals surface area contributed by atoms with E-state index < -0.39 is 11.7 Å². The van der Waals surface area contributed by atoms with Gasteiger partial charge in [-0.15, -0.1) is 0 Å². The number of hydrogen-bond donors (Lipinski definition) is 0. The number of aromatic nitrogens is 1. The molecule has 1 aromatic rings. The highest BCUT2D eigenvalue weighted by atomic mass is 19.4. The summed E-state index contributed by atoms with van der Waals surface area (Å²) in [5, 5.41) is 0. The second-order valence-corrected chi connectivity index (χ2v) is 3.80. The first-order valence-corrected chi connectivity index (χ1v) is 5.24. The molecule has 0 spiro atoms. The first-order valence-electron chi connectivity index (χ1n) is 5.24. The number of hydrogen-bond acceptors (Lipinski definition) is 2. The van der Waals surface area contributed by atoms with Gasteiger partial charge in [0.1, 0.15) is 5.56 Å². The summed E-state index contributed by atoms with van der Waals surface area (Å²) < 4.78 is 43.5. The van der Waals surface area contributed by atoms with Gasteiger partial charge in [0.2, 0.25) is 0 Å². The Bertz CT molecular complexity index is 385. The molecule has 0 radical (unpaired) electrons. The van der Waals surface area contributed by atoms with E-state index >= 15 is 0 Å². The normalized spacial score (nSPS) is 16.2. The lowest BCUT2D eigenvalue weighted by molar-refractivity contribution is -0.139. The van der Waals surface area contributed by atoms with Crippen LogP contribution in [-0.4, -0.2) is 11.1 Å². The van der Waals surface area contributed by atoms with Crippen molar-refractivity contribution < 1.29 is 17.9 Å². The molecule has 0 unspecified atom stereocenters. The van der Waals surface area contributed by atoms with Crippen molar-refractivity contribution in [2.45, 2.75) is 38.5 Å². The molecule has 5 heteroatoms. The summed E-state index contributed by atoms with van der Waals surface area (Å²) >= 11 is 0. The molecular formula is C11H12F3NO. The van der Waals surface area contributed by atoms with Crippen LogP contribution in [-0.2, 0) is 12.6 Å². The predicted octanol–water partition coefficient (Wildman–Crippen LogP) is 3.20. The van der Waals surface area contributed by atoms with Crippen LogP contribution in [0.1, 0.15) is 31.0 Å². The molecule has 1 fully saturated rings. The van der Waals surface area contributed by atoms with E-state index in [-0.39, 0.29) is 11.9 Å². The minimum atomic E-state index is -4.38. The highest BCUT2D eigenvalue weighted by Crippen LogP contribution is 2.40. The number of nitrogens with zero attached hydrogens (tertiary/aromatic N) is 1. The predicted molar refractivity (Wildman–Crippen MR) is 52.3 cm³/mol. The summed E-state index contributed by atoms with van der Waals surface area (Å²) in [5.41, 5.74) is -0.340. The molecule has 88 valence electrons. The molecule has 16 heavy (non-hydrogen) atoms. The number of pyridine rings is 1. The Kier molecular flexibility index (Phi) is 2.78. The minimum absolute atomic E-state index is 0.0596. The third-order valence-corrected chi connectivity index (χ3v) is 2.43. The van der Waals surface area contributed by atoms with E-state index in [0.717, 1.165) is 18.9 Å². The van der Waals surface area contributed by atoms with Crippen molar-refractivity contribution in [2.75, 3.05) is 0 Å². The Labute approximate surface area is 91.4 Å². The molecule has 2 nitrogen and oxygen atoms in total. The molecule has 0 aliphatic heterocycles. The maximum Gasteiger partial charge on any atom is 0.420 e. The summed E-state index contributed by atoms with van der Waals surface area (Å²) in [7, 11) is 0. The Morgan fingerprint density at radius 1 is 1.44 bits per heavy atom. The standard InChI is InChI=1S/C11H12F3NO/c1-2-9-10(16-7-3-4-7)8(5-6-15-9)11(12,13)14/h5-7H,2-4H2,1H3. The number of halogens is 3. The van der Waals surface area contributed by atoms with Gasteiger partial charge in [-0.1, -0.05) is 6.92 Å². The zero-order valence-corrected chi connectivity index (χ0v) is 8.84. The van der Waals surface area contributed by atoms with Crippen molar-refractivity contribution in [1.29, 1.82) is 0 Å². The molecule has 1 aliphatic rings. The molecule has 0 aromatic carbocycles. The van der Waals surface area contributed by atoms with E-state index in [2.05, 4.69) is 4.98 Å². The van der Waals surface area contributed by atoms with Crippen molar-refractivity contribution in [1.82, 2.24) is 4.98 Å². The smallest absolute Gasteiger partial charge is 0.420 e. The second kappa shape index (κ2) is 3.96. The van der Waals surface area contributed by atoms with Crippen LogP contribution in [0.15, 0.2) is 12.3 Å². The van der Waals surface area contributed by atoms with Crippen molar-refractivity contribution in [3.05, 3.63) is 23.5 Å². The molecule has 2 rings (SSSR count). The summed E-state index contributed by atoms with van der Waals surface area (Å²) in [6, 6.07) is 0.969. The van der Waals surface area contributed by atoms with Crippen LogP contribution in [0, 0.1) is 0 Å². The van der Waals surface area contributed by atoms with E-state index in [4.69, 9.17) is 4.74 Å². The van der Waals surface area contributed by atoms with Crippen molar-refractivity contribution in [3.8, 4) is 5.75 Å². The lowest BCUT2D eigenvalue weighted by atomic mass is 10.1. The van der Waals surface area contributed by atoms with Crippen LogP contribution in [0.5, 0.6) is 5.75 Å². The monoisotopic (exact) mass is 231 g/mol. The largest absolute Gasteiger partial charge is 0.488 e. The van der Waals surface area contributed by atoms with E-state index in [1.807, 2.05) is 0 Å². The highest BCUT2D eigenvalue weighted by Gasteiger charge is 2.37. The SMILES string of the molecule is CCc1nccc(C(F)(F)F)c1OC1CC1. The third-order valence-electron chi connectivity index (χ3n) is 2.43. The van der Waals surface area contributed by atoms with Gasteiger partial charge in [-0.25, -0.2) is 0 Å². The quantitative estimate of drug-likeness (QED) is 0.796. The van der Waals surface area contributed by atoms with Crippen molar-refractivity contribution >= 4 is 0 Å². The number of ether oxygens (including phenoxy) is 1. The summed E-state index contributed by atoms with van der Waals surface area (Å²) in [6.45, 7) is 1.77. The number of aryl methyl sites for hydroxylation is 1. The fraction of sp³-hybridized carbons (Fsp3) is 0.545. The second-order valence-electron chi connectivity index (χ2n) is 3.80. The first-order chi connectivity index (χ1) is 7.52. The molecule has 1 heterocycles. The maximum absolute atomic E-state index is 12.7. The van der Waals surface area contributed by atoms with Gasteiger partial charge >= 0.3 is 6.18 Å². The fourth-order valence-corrected chi connectivity index (χ4v) is 1.45. The van der Waals surface area contributed by atoms with Crippen LogP contribution < -0.4 is 4.74 Å². The van der Waals surface area contributed by atoms with Gasteiger partial charge in [-0.2, -0.15) is 13.2 Å². The van der Waals surface area contributed by atoms with Gasteiger partial charge in [0, 0.05) is 6.20 Å². The molecule has 1 aromatic heterocycles. The molecule has 0 N–H and O–H groups in total. The minimum Gasteiger partial charge on any atom is -0.488 e. The Balaban J connectivity index is 2.41. The Hall–Kier alpha value is -1.26. The van der Waals surface area contributed by atoms with E-state index in [1.165, 1.54) is 6.20 Å². The average molecular weight is 231 g/mol. The first kappa shape index (κ1) is 11.2. The van der Waals surface area contributed by atoms with Crippen LogP contribution in [0.4, 0.5) is 13.2 Å². The third kappa shape index (κ3) is 2.28. The van der Waals surface area contributed by atoms with Gasteiger partial charge < -0.3 is 4.74 Å². The maximum atomic E-state index is 12.7. The summed E-state index contributed by atoms with van der Waals surface area (Å²) in [6.07, 6.45) is -1.16. The molecule has 0 saturated heterocycles. The van der Waals surface area contributed by atoms with E-state index in [1.54, 1.807) is 6.92 Å². The molecule has 0 bridgehead atoms. The van der Waals surface area contributed by atoms with Crippen molar-refractivity contribution in [3.63, 3.8) is 0 Å². The molecule has 1 aliphatic carbocycles. The van der Waals surface area contributed by atoms with Gasteiger partial charge in [-0.05, 0) is 25.3 Å². The van der Waals surface area contributed by atoms with Crippen LogP contribution >= 0.6 is 0 Å². The molecule has 0 atom stereocenters. The number of alkyl halides is 3. The summed E-state index contributed by atoms with van der Waals surface area (Å²) in [4.78, 5) is 3.93. The van der Waals surface area contributed by atoms with Crippen molar-refractivity contribution in [2.24, 2.45) is 0 Å². The average Bonchev–Trinajstić information content (AvgIpc) is 3.00. The highest BCUT2D eigenvalue weighted by molar-refractivity contribution is 5.39. The number of rotatable bonds is 3. The zero-order valence-electron chi connectivity index (χ0n) is 8.84. The van der Waals surface area contributed by atoms with Crippen LogP contribution in [0.2, 0.25) is 0 Å². The molecule has 0 amide bonds. The van der Waals surface area contributed by atoms with E-state index in [0.29, 0.717) is 12.1 Å². The van der Waals surface area contributed by atoms with Gasteiger partial charge in [-0.3, -0.25) is 4.98 Å². The van der Waals surface area contributed by atoms with Gasteiger partial charge in [0.05, 0.1) is 11.8 Å². The zero-order chi connectivity index (χ0) is 11.8. The Morgan fingerprint density at radius 2 is 2.12 bits per heavy atom. The van der Waals surface area contributed by atoms with E-state index in [9.17, 15) is 13.2 Å².